The molecule has 0 spiro atoms. The molecule has 6 nitrogen and oxygen atoms in total. The number of esters is 1. The van der Waals surface area contributed by atoms with Gasteiger partial charge < -0.3 is 14.1 Å². The van der Waals surface area contributed by atoms with Crippen LogP contribution in [0.2, 0.25) is 0 Å². The van der Waals surface area contributed by atoms with Crippen molar-refractivity contribution in [2.24, 2.45) is 5.92 Å². The molecule has 2 heterocycles. The Morgan fingerprint density at radius 3 is 2.74 bits per heavy atom. The summed E-state index contributed by atoms with van der Waals surface area (Å²) in [6, 6.07) is 0. The van der Waals surface area contributed by atoms with Crippen LogP contribution in [0.4, 0.5) is 0 Å². The molecule has 23 heavy (non-hydrogen) atoms. The van der Waals surface area contributed by atoms with Crippen molar-refractivity contribution in [1.82, 2.24) is 9.88 Å². The standard InChI is InChI=1S/C17H24N2O4/c1-3-22-17(21)13-8-5-9-19(10-13)16(20)14-11(2)23-15(18-14)12-6-4-7-12/h12-13H,3-10H2,1-2H3/t13-/m1/s1. The fourth-order valence-corrected chi connectivity index (χ4v) is 3.21. The molecule has 1 aromatic heterocycles. The number of rotatable bonds is 4. The molecule has 0 unspecified atom stereocenters. The van der Waals surface area contributed by atoms with Crippen molar-refractivity contribution in [2.45, 2.75) is 51.9 Å². The summed E-state index contributed by atoms with van der Waals surface area (Å²) in [5, 5.41) is 0. The van der Waals surface area contributed by atoms with Gasteiger partial charge in [-0.25, -0.2) is 4.98 Å². The van der Waals surface area contributed by atoms with Crippen molar-refractivity contribution in [3.05, 3.63) is 17.3 Å². The predicted octanol–water partition coefficient (Wildman–Crippen LogP) is 2.67. The molecule has 1 amide bonds. The summed E-state index contributed by atoms with van der Waals surface area (Å²) in [6.45, 7) is 5.01. The lowest BCUT2D eigenvalue weighted by atomic mass is 9.85. The van der Waals surface area contributed by atoms with E-state index in [1.807, 2.05) is 0 Å². The highest BCUT2D eigenvalue weighted by atomic mass is 16.5. The summed E-state index contributed by atoms with van der Waals surface area (Å²) in [4.78, 5) is 30.8. The quantitative estimate of drug-likeness (QED) is 0.798. The number of carbonyl (C=O) groups excluding carboxylic acids is 2. The van der Waals surface area contributed by atoms with Crippen LogP contribution in [0.15, 0.2) is 4.42 Å². The maximum absolute atomic E-state index is 12.7. The van der Waals surface area contributed by atoms with E-state index in [1.165, 1.54) is 6.42 Å². The molecule has 2 fully saturated rings. The van der Waals surface area contributed by atoms with E-state index >= 15 is 0 Å². The summed E-state index contributed by atoms with van der Waals surface area (Å²) >= 11 is 0. The largest absolute Gasteiger partial charge is 0.466 e. The number of carbonyl (C=O) groups is 2. The van der Waals surface area contributed by atoms with E-state index in [-0.39, 0.29) is 17.8 Å². The van der Waals surface area contributed by atoms with E-state index < -0.39 is 0 Å². The second-order valence-electron chi connectivity index (χ2n) is 6.43. The molecule has 0 aromatic carbocycles. The van der Waals surface area contributed by atoms with E-state index in [0.29, 0.717) is 43.0 Å². The first-order valence-corrected chi connectivity index (χ1v) is 8.53. The molecule has 1 saturated heterocycles. The van der Waals surface area contributed by atoms with Crippen LogP contribution >= 0.6 is 0 Å². The molecule has 1 aliphatic carbocycles. The molecule has 2 aliphatic rings. The van der Waals surface area contributed by atoms with Crippen LogP contribution in [-0.4, -0.2) is 41.5 Å². The molecular formula is C17H24N2O4. The Labute approximate surface area is 136 Å². The maximum atomic E-state index is 12.7. The maximum Gasteiger partial charge on any atom is 0.310 e. The number of amides is 1. The van der Waals surface area contributed by atoms with E-state index in [0.717, 1.165) is 25.7 Å². The van der Waals surface area contributed by atoms with Gasteiger partial charge in [-0.2, -0.15) is 0 Å². The Morgan fingerprint density at radius 1 is 1.30 bits per heavy atom. The zero-order chi connectivity index (χ0) is 16.4. The fourth-order valence-electron chi connectivity index (χ4n) is 3.21. The second-order valence-corrected chi connectivity index (χ2v) is 6.43. The van der Waals surface area contributed by atoms with Gasteiger partial charge >= 0.3 is 5.97 Å². The highest BCUT2D eigenvalue weighted by Crippen LogP contribution is 2.36. The molecule has 0 N–H and O–H groups in total. The van der Waals surface area contributed by atoms with Gasteiger partial charge in [0.05, 0.1) is 12.5 Å². The minimum absolute atomic E-state index is 0.133. The molecule has 6 heteroatoms. The lowest BCUT2D eigenvalue weighted by Crippen LogP contribution is -2.43. The number of oxazole rings is 1. The summed E-state index contributed by atoms with van der Waals surface area (Å²) in [6.07, 6.45) is 4.95. The van der Waals surface area contributed by atoms with Crippen LogP contribution in [0, 0.1) is 12.8 Å². The Balaban J connectivity index is 1.69. The summed E-state index contributed by atoms with van der Waals surface area (Å²) in [5.41, 5.74) is 0.399. The zero-order valence-corrected chi connectivity index (χ0v) is 13.8. The first kappa shape index (κ1) is 16.0. The third-order valence-corrected chi connectivity index (χ3v) is 4.80. The number of ether oxygens (including phenoxy) is 1. The topological polar surface area (TPSA) is 72.6 Å². The summed E-state index contributed by atoms with van der Waals surface area (Å²) < 4.78 is 10.8. The van der Waals surface area contributed by atoms with Gasteiger partial charge in [0.2, 0.25) is 0 Å². The first-order valence-electron chi connectivity index (χ1n) is 8.53. The lowest BCUT2D eigenvalue weighted by molar-refractivity contribution is -0.149. The molecule has 1 aliphatic heterocycles. The number of nitrogens with zero attached hydrogens (tertiary/aromatic N) is 2. The SMILES string of the molecule is CCOC(=O)[C@@H]1CCCN(C(=O)c2nc(C3CCC3)oc2C)C1. The lowest BCUT2D eigenvalue weighted by Gasteiger charge is -2.31. The molecule has 126 valence electrons. The predicted molar refractivity (Wildman–Crippen MR) is 83.1 cm³/mol. The number of hydrogen-bond acceptors (Lipinski definition) is 5. The van der Waals surface area contributed by atoms with Crippen LogP contribution in [0.1, 0.15) is 67.1 Å². The average Bonchev–Trinajstić information content (AvgIpc) is 2.86. The second kappa shape index (κ2) is 6.72. The highest BCUT2D eigenvalue weighted by Gasteiger charge is 2.33. The summed E-state index contributed by atoms with van der Waals surface area (Å²) in [5.74, 6) is 1.06. The Kier molecular flexibility index (Phi) is 4.68. The number of aromatic nitrogens is 1. The van der Waals surface area contributed by atoms with Crippen molar-refractivity contribution in [1.29, 1.82) is 0 Å². The normalized spacial score (nSPS) is 21.8. The van der Waals surface area contributed by atoms with Gasteiger partial charge in [0.25, 0.3) is 5.91 Å². The molecule has 1 aromatic rings. The number of piperidine rings is 1. The van der Waals surface area contributed by atoms with Gasteiger partial charge in [-0.15, -0.1) is 0 Å². The Morgan fingerprint density at radius 2 is 2.09 bits per heavy atom. The van der Waals surface area contributed by atoms with Gasteiger partial charge in [0.1, 0.15) is 5.76 Å². The monoisotopic (exact) mass is 320 g/mol. The molecule has 3 rings (SSSR count). The van der Waals surface area contributed by atoms with Gasteiger partial charge in [-0.3, -0.25) is 9.59 Å². The third kappa shape index (κ3) is 3.26. The van der Waals surface area contributed by atoms with Crippen molar-refractivity contribution < 1.29 is 18.7 Å². The smallest absolute Gasteiger partial charge is 0.310 e. The van der Waals surface area contributed by atoms with Crippen LogP contribution < -0.4 is 0 Å². The molecule has 1 saturated carbocycles. The minimum atomic E-state index is -0.231. The van der Waals surface area contributed by atoms with Gasteiger partial charge in [-0.1, -0.05) is 6.42 Å². The average molecular weight is 320 g/mol. The molecule has 1 atom stereocenters. The van der Waals surface area contributed by atoms with Crippen molar-refractivity contribution >= 4 is 11.9 Å². The van der Waals surface area contributed by atoms with Gasteiger partial charge in [0, 0.05) is 19.0 Å². The first-order chi connectivity index (χ1) is 11.1. The van der Waals surface area contributed by atoms with Crippen molar-refractivity contribution in [3.8, 4) is 0 Å². The highest BCUT2D eigenvalue weighted by molar-refractivity contribution is 5.93. The summed E-state index contributed by atoms with van der Waals surface area (Å²) in [7, 11) is 0. The van der Waals surface area contributed by atoms with Crippen LogP contribution in [0.25, 0.3) is 0 Å². The van der Waals surface area contributed by atoms with E-state index in [9.17, 15) is 9.59 Å². The van der Waals surface area contributed by atoms with E-state index in [4.69, 9.17) is 9.15 Å². The molecular weight excluding hydrogens is 296 g/mol. The Bertz CT molecular complexity index is 591. The third-order valence-electron chi connectivity index (χ3n) is 4.80. The number of aryl methyl sites for hydroxylation is 1. The fraction of sp³-hybridized carbons (Fsp3) is 0.706. The minimum Gasteiger partial charge on any atom is -0.466 e. The van der Waals surface area contributed by atoms with E-state index in [2.05, 4.69) is 4.98 Å². The molecule has 0 bridgehead atoms. The molecule has 0 radical (unpaired) electrons. The van der Waals surface area contributed by atoms with Crippen LogP contribution in [0.5, 0.6) is 0 Å². The zero-order valence-electron chi connectivity index (χ0n) is 13.8. The van der Waals surface area contributed by atoms with Gasteiger partial charge in [0.15, 0.2) is 11.6 Å². The number of likely N-dealkylation sites (tertiary alicyclic amines) is 1. The van der Waals surface area contributed by atoms with Crippen LogP contribution in [0.3, 0.4) is 0 Å². The van der Waals surface area contributed by atoms with Crippen LogP contribution in [-0.2, 0) is 9.53 Å². The number of hydrogen-bond donors (Lipinski definition) is 0. The van der Waals surface area contributed by atoms with Crippen molar-refractivity contribution in [2.75, 3.05) is 19.7 Å². The van der Waals surface area contributed by atoms with Gasteiger partial charge in [-0.05, 0) is 39.5 Å². The van der Waals surface area contributed by atoms with Crippen molar-refractivity contribution in [3.63, 3.8) is 0 Å². The Hall–Kier alpha value is -1.85. The van der Waals surface area contributed by atoms with E-state index in [1.54, 1.807) is 18.7 Å².